The predicted molar refractivity (Wildman–Crippen MR) is 87.3 cm³/mol. The van der Waals surface area contributed by atoms with Crippen LogP contribution in [0.2, 0.25) is 0 Å². The van der Waals surface area contributed by atoms with E-state index in [1.54, 1.807) is 0 Å². The molecule has 0 spiro atoms. The monoisotopic (exact) mass is 278 g/mol. The Morgan fingerprint density at radius 3 is 2.60 bits per heavy atom. The largest absolute Gasteiger partial charge is 0.369 e. The molecule has 0 fully saturated rings. The summed E-state index contributed by atoms with van der Waals surface area (Å²) in [6, 6.07) is 0. The van der Waals surface area contributed by atoms with Crippen molar-refractivity contribution in [2.45, 2.75) is 59.8 Å². The number of hydrogen-bond donors (Lipinski definition) is 2. The number of aryl methyl sites for hydroxylation is 1. The molecular weight excluding hydrogens is 248 g/mol. The van der Waals surface area contributed by atoms with E-state index in [9.17, 15) is 0 Å². The smallest absolute Gasteiger partial charge is 0.224 e. The average molecular weight is 278 g/mol. The van der Waals surface area contributed by atoms with Crippen LogP contribution in [0.3, 0.4) is 0 Å². The Morgan fingerprint density at radius 2 is 1.95 bits per heavy atom. The van der Waals surface area contributed by atoms with E-state index in [1.807, 2.05) is 6.20 Å². The Labute approximate surface area is 123 Å². The minimum Gasteiger partial charge on any atom is -0.369 e. The van der Waals surface area contributed by atoms with Crippen molar-refractivity contribution in [3.63, 3.8) is 0 Å². The van der Waals surface area contributed by atoms with E-state index < -0.39 is 0 Å². The van der Waals surface area contributed by atoms with Crippen LogP contribution in [-0.2, 0) is 0 Å². The lowest BCUT2D eigenvalue weighted by Gasteiger charge is -2.17. The second kappa shape index (κ2) is 9.56. The number of nitrogens with zero attached hydrogens (tertiary/aromatic N) is 2. The van der Waals surface area contributed by atoms with Crippen LogP contribution in [-0.4, -0.2) is 23.1 Å². The van der Waals surface area contributed by atoms with Gasteiger partial charge in [0.2, 0.25) is 5.95 Å². The molecule has 2 N–H and O–H groups in total. The van der Waals surface area contributed by atoms with Crippen LogP contribution >= 0.6 is 0 Å². The molecule has 114 valence electrons. The predicted octanol–water partition coefficient (Wildman–Crippen LogP) is 4.24. The maximum atomic E-state index is 4.56. The molecule has 1 unspecified atom stereocenters. The van der Waals surface area contributed by atoms with Crippen molar-refractivity contribution in [1.82, 2.24) is 9.97 Å². The average Bonchev–Trinajstić information content (AvgIpc) is 2.47. The van der Waals surface area contributed by atoms with Gasteiger partial charge in [-0.1, -0.05) is 40.0 Å². The molecule has 1 aromatic heterocycles. The molecule has 0 amide bonds. The molecule has 0 aliphatic heterocycles. The molecule has 4 nitrogen and oxygen atoms in total. The third-order valence-electron chi connectivity index (χ3n) is 3.61. The third-order valence-corrected chi connectivity index (χ3v) is 3.61. The van der Waals surface area contributed by atoms with Gasteiger partial charge in [0.15, 0.2) is 0 Å². The number of hydrogen-bond acceptors (Lipinski definition) is 4. The van der Waals surface area contributed by atoms with E-state index in [0.717, 1.165) is 42.8 Å². The first-order valence-electron chi connectivity index (χ1n) is 8.02. The van der Waals surface area contributed by atoms with E-state index in [2.05, 4.69) is 48.3 Å². The van der Waals surface area contributed by atoms with E-state index in [4.69, 9.17) is 0 Å². The first kappa shape index (κ1) is 16.7. The molecule has 1 heterocycles. The van der Waals surface area contributed by atoms with Crippen LogP contribution in [0.5, 0.6) is 0 Å². The molecule has 0 saturated heterocycles. The van der Waals surface area contributed by atoms with E-state index in [1.165, 1.54) is 25.7 Å². The van der Waals surface area contributed by atoms with Gasteiger partial charge in [-0.05, 0) is 25.7 Å². The van der Waals surface area contributed by atoms with E-state index in [0.29, 0.717) is 0 Å². The SMILES string of the molecule is CCCCC(CC)CNc1nc(NCCC)ncc1C. The molecule has 0 radical (unpaired) electrons. The summed E-state index contributed by atoms with van der Waals surface area (Å²) in [6.07, 6.45) is 8.07. The van der Waals surface area contributed by atoms with Crippen molar-refractivity contribution in [3.05, 3.63) is 11.8 Å². The summed E-state index contributed by atoms with van der Waals surface area (Å²) in [5.41, 5.74) is 1.11. The van der Waals surface area contributed by atoms with Gasteiger partial charge in [0.1, 0.15) is 5.82 Å². The number of aromatic nitrogens is 2. The molecule has 1 atom stereocenters. The normalized spacial score (nSPS) is 12.2. The fourth-order valence-corrected chi connectivity index (χ4v) is 2.13. The number of anilines is 2. The highest BCUT2D eigenvalue weighted by Crippen LogP contribution is 2.16. The third kappa shape index (κ3) is 5.76. The molecule has 0 aromatic carbocycles. The zero-order valence-corrected chi connectivity index (χ0v) is 13.5. The summed E-state index contributed by atoms with van der Waals surface area (Å²) in [4.78, 5) is 8.87. The lowest BCUT2D eigenvalue weighted by Crippen LogP contribution is -2.16. The number of rotatable bonds is 10. The zero-order valence-electron chi connectivity index (χ0n) is 13.5. The van der Waals surface area contributed by atoms with Crippen LogP contribution in [0.15, 0.2) is 6.20 Å². The molecule has 4 heteroatoms. The van der Waals surface area contributed by atoms with Crippen molar-refractivity contribution in [1.29, 1.82) is 0 Å². The summed E-state index contributed by atoms with van der Waals surface area (Å²) in [6.45, 7) is 10.6. The molecule has 1 aromatic rings. The first-order chi connectivity index (χ1) is 9.71. The molecule has 0 aliphatic rings. The highest BCUT2D eigenvalue weighted by molar-refractivity contribution is 5.46. The van der Waals surface area contributed by atoms with Crippen LogP contribution in [0.1, 0.15) is 58.4 Å². The molecule has 0 saturated carbocycles. The Kier molecular flexibility index (Phi) is 8.00. The summed E-state index contributed by atoms with van der Waals surface area (Å²) < 4.78 is 0. The molecule has 0 bridgehead atoms. The second-order valence-electron chi connectivity index (χ2n) is 5.45. The van der Waals surface area contributed by atoms with Gasteiger partial charge in [0.25, 0.3) is 0 Å². The van der Waals surface area contributed by atoms with Gasteiger partial charge in [-0.2, -0.15) is 4.98 Å². The summed E-state index contributed by atoms with van der Waals surface area (Å²) in [5, 5.41) is 6.73. The maximum absolute atomic E-state index is 4.56. The molecule has 0 aliphatic carbocycles. The van der Waals surface area contributed by atoms with Crippen molar-refractivity contribution in [3.8, 4) is 0 Å². The van der Waals surface area contributed by atoms with Crippen LogP contribution in [0.4, 0.5) is 11.8 Å². The Balaban J connectivity index is 2.56. The quantitative estimate of drug-likeness (QED) is 0.672. The van der Waals surface area contributed by atoms with Gasteiger partial charge in [-0.25, -0.2) is 4.98 Å². The molecule has 20 heavy (non-hydrogen) atoms. The first-order valence-corrected chi connectivity index (χ1v) is 8.02. The van der Waals surface area contributed by atoms with Crippen LogP contribution < -0.4 is 10.6 Å². The summed E-state index contributed by atoms with van der Waals surface area (Å²) in [5.74, 6) is 2.42. The standard InChI is InChI=1S/C16H30N4/c1-5-8-9-14(7-3)12-18-15-13(4)11-19-16(20-15)17-10-6-2/h11,14H,5-10,12H2,1-4H3,(H2,17,18,19,20). The second-order valence-corrected chi connectivity index (χ2v) is 5.45. The fourth-order valence-electron chi connectivity index (χ4n) is 2.13. The lowest BCUT2D eigenvalue weighted by atomic mass is 9.99. The van der Waals surface area contributed by atoms with Crippen molar-refractivity contribution in [2.24, 2.45) is 5.92 Å². The highest BCUT2D eigenvalue weighted by Gasteiger charge is 2.08. The van der Waals surface area contributed by atoms with Gasteiger partial charge in [-0.15, -0.1) is 0 Å². The topological polar surface area (TPSA) is 49.8 Å². The van der Waals surface area contributed by atoms with Crippen molar-refractivity contribution in [2.75, 3.05) is 23.7 Å². The van der Waals surface area contributed by atoms with Gasteiger partial charge < -0.3 is 10.6 Å². The zero-order chi connectivity index (χ0) is 14.8. The fraction of sp³-hybridized carbons (Fsp3) is 0.750. The minimum absolute atomic E-state index is 0.724. The molecular formula is C16H30N4. The van der Waals surface area contributed by atoms with Gasteiger partial charge >= 0.3 is 0 Å². The van der Waals surface area contributed by atoms with Gasteiger partial charge in [0, 0.05) is 24.8 Å². The van der Waals surface area contributed by atoms with Crippen LogP contribution in [0, 0.1) is 12.8 Å². The number of unbranched alkanes of at least 4 members (excludes halogenated alkanes) is 1. The summed E-state index contributed by atoms with van der Waals surface area (Å²) in [7, 11) is 0. The van der Waals surface area contributed by atoms with E-state index in [-0.39, 0.29) is 0 Å². The van der Waals surface area contributed by atoms with Gasteiger partial charge in [-0.3, -0.25) is 0 Å². The highest BCUT2D eigenvalue weighted by atomic mass is 15.1. The van der Waals surface area contributed by atoms with Crippen molar-refractivity contribution >= 4 is 11.8 Å². The Bertz CT molecular complexity index is 379. The minimum atomic E-state index is 0.724. The van der Waals surface area contributed by atoms with E-state index >= 15 is 0 Å². The van der Waals surface area contributed by atoms with Gasteiger partial charge in [0.05, 0.1) is 0 Å². The van der Waals surface area contributed by atoms with Crippen molar-refractivity contribution < 1.29 is 0 Å². The summed E-state index contributed by atoms with van der Waals surface area (Å²) >= 11 is 0. The lowest BCUT2D eigenvalue weighted by molar-refractivity contribution is 0.472. The Morgan fingerprint density at radius 1 is 1.15 bits per heavy atom. The number of nitrogens with one attached hydrogen (secondary N) is 2. The van der Waals surface area contributed by atoms with Crippen LogP contribution in [0.25, 0.3) is 0 Å². The Hall–Kier alpha value is -1.32. The molecule has 1 rings (SSSR count). The maximum Gasteiger partial charge on any atom is 0.224 e.